The molecule has 33 heavy (non-hydrogen) atoms. The molecule has 3 rings (SSSR count). The monoisotopic (exact) mass is 472 g/mol. The third-order valence-electron chi connectivity index (χ3n) is 5.11. The quantitative estimate of drug-likeness (QED) is 0.481. The summed E-state index contributed by atoms with van der Waals surface area (Å²) < 4.78 is 37.7. The van der Waals surface area contributed by atoms with Gasteiger partial charge in [0.05, 0.1) is 17.6 Å². The van der Waals surface area contributed by atoms with Crippen LogP contribution in [0, 0.1) is 13.8 Å². The van der Waals surface area contributed by atoms with Gasteiger partial charge in [-0.15, -0.1) is 0 Å². The van der Waals surface area contributed by atoms with Crippen LogP contribution in [0.1, 0.15) is 37.5 Å². The topological polar surface area (TPSA) is 115 Å². The fourth-order valence-electron chi connectivity index (χ4n) is 3.26. The average Bonchev–Trinajstić information content (AvgIpc) is 3.09. The highest BCUT2D eigenvalue weighted by Crippen LogP contribution is 2.25. The zero-order chi connectivity index (χ0) is 24.3. The molecule has 1 heterocycles. The number of esters is 1. The van der Waals surface area contributed by atoms with Gasteiger partial charge in [-0.05, 0) is 82.1 Å². The Labute approximate surface area is 193 Å². The van der Waals surface area contributed by atoms with Crippen molar-refractivity contribution >= 4 is 38.6 Å². The first-order chi connectivity index (χ1) is 15.5. The zero-order valence-electron chi connectivity index (χ0n) is 19.3. The molecule has 1 aromatic heterocycles. The molecule has 2 aromatic carbocycles. The summed E-state index contributed by atoms with van der Waals surface area (Å²) in [6.07, 6.45) is 0.465. The van der Waals surface area contributed by atoms with Gasteiger partial charge in [0.1, 0.15) is 5.58 Å². The summed E-state index contributed by atoms with van der Waals surface area (Å²) in [7, 11) is -3.62. The summed E-state index contributed by atoms with van der Waals surface area (Å²) >= 11 is 0. The fourth-order valence-corrected chi connectivity index (χ4v) is 4.51. The van der Waals surface area contributed by atoms with Gasteiger partial charge in [-0.3, -0.25) is 9.59 Å². The first-order valence-corrected chi connectivity index (χ1v) is 12.0. The first-order valence-electron chi connectivity index (χ1n) is 10.6. The van der Waals surface area contributed by atoms with E-state index in [9.17, 15) is 18.0 Å². The minimum Gasteiger partial charge on any atom is -0.464 e. The molecule has 3 aromatic rings. The molecule has 1 atom stereocenters. The molecule has 0 aliphatic heterocycles. The van der Waals surface area contributed by atoms with Crippen molar-refractivity contribution in [1.82, 2.24) is 4.72 Å². The van der Waals surface area contributed by atoms with Crippen LogP contribution in [0.5, 0.6) is 0 Å². The van der Waals surface area contributed by atoms with Crippen molar-refractivity contribution in [2.75, 3.05) is 5.32 Å². The molecule has 0 fully saturated rings. The molecule has 0 bridgehead atoms. The van der Waals surface area contributed by atoms with Crippen molar-refractivity contribution in [2.24, 2.45) is 0 Å². The normalized spacial score (nSPS) is 12.7. The zero-order valence-corrected chi connectivity index (χ0v) is 20.1. The second-order valence-electron chi connectivity index (χ2n) is 8.29. The van der Waals surface area contributed by atoms with Crippen molar-refractivity contribution in [1.29, 1.82) is 0 Å². The first kappa shape index (κ1) is 24.5. The number of aryl methyl sites for hydroxylation is 2. The predicted octanol–water partition coefficient (Wildman–Crippen LogP) is 3.85. The lowest BCUT2D eigenvalue weighted by molar-refractivity contribution is -0.152. The van der Waals surface area contributed by atoms with Crippen LogP contribution < -0.4 is 10.0 Å². The van der Waals surface area contributed by atoms with Crippen LogP contribution in [0.2, 0.25) is 0 Å². The van der Waals surface area contributed by atoms with Crippen LogP contribution in [0.4, 0.5) is 5.69 Å². The number of hydrogen-bond donors (Lipinski definition) is 2. The molecule has 0 saturated carbocycles. The van der Waals surface area contributed by atoms with Crippen molar-refractivity contribution in [3.05, 3.63) is 59.4 Å². The van der Waals surface area contributed by atoms with Crippen molar-refractivity contribution in [2.45, 2.75) is 58.1 Å². The van der Waals surface area contributed by atoms with Crippen LogP contribution in [-0.2, 0) is 30.8 Å². The Morgan fingerprint density at radius 3 is 2.30 bits per heavy atom. The van der Waals surface area contributed by atoms with Crippen molar-refractivity contribution in [3.8, 4) is 0 Å². The number of benzene rings is 2. The Hall–Kier alpha value is -3.17. The number of carbonyl (C=O) groups excluding carboxylic acids is 2. The van der Waals surface area contributed by atoms with E-state index in [1.165, 1.54) is 37.5 Å². The highest BCUT2D eigenvalue weighted by Gasteiger charge is 2.21. The number of hydrogen-bond acceptors (Lipinski definition) is 6. The number of amides is 1. The van der Waals surface area contributed by atoms with Gasteiger partial charge < -0.3 is 14.5 Å². The second-order valence-corrected chi connectivity index (χ2v) is 10.0. The fraction of sp³-hybridized carbons (Fsp3) is 0.333. The number of ether oxygens (including phenoxy) is 1. The van der Waals surface area contributed by atoms with Crippen molar-refractivity contribution in [3.63, 3.8) is 0 Å². The largest absolute Gasteiger partial charge is 0.464 e. The smallest absolute Gasteiger partial charge is 0.311 e. The summed E-state index contributed by atoms with van der Waals surface area (Å²) in [6.45, 7) is 8.90. The number of nitrogens with one attached hydrogen (secondary N) is 2. The number of furan rings is 1. The van der Waals surface area contributed by atoms with E-state index < -0.39 is 28.0 Å². The van der Waals surface area contributed by atoms with Crippen LogP contribution >= 0.6 is 0 Å². The molecule has 0 aliphatic carbocycles. The Kier molecular flexibility index (Phi) is 7.24. The average molecular weight is 473 g/mol. The molecule has 0 aliphatic rings. The van der Waals surface area contributed by atoms with Gasteiger partial charge in [0.25, 0.3) is 5.91 Å². The van der Waals surface area contributed by atoms with E-state index in [0.29, 0.717) is 16.8 Å². The maximum atomic E-state index is 12.4. The molecule has 9 heteroatoms. The number of rotatable bonds is 8. The second kappa shape index (κ2) is 9.76. The number of fused-ring (bicyclic) bond motifs is 1. The molecule has 0 spiro atoms. The molecule has 0 radical (unpaired) electrons. The molecule has 0 saturated heterocycles. The van der Waals surface area contributed by atoms with E-state index in [1.807, 2.05) is 26.0 Å². The predicted molar refractivity (Wildman–Crippen MR) is 125 cm³/mol. The van der Waals surface area contributed by atoms with Crippen LogP contribution in [-0.4, -0.2) is 32.4 Å². The van der Waals surface area contributed by atoms with Gasteiger partial charge in [0.15, 0.2) is 6.10 Å². The minimum absolute atomic E-state index is 0.0253. The van der Waals surface area contributed by atoms with Gasteiger partial charge in [0.2, 0.25) is 10.0 Å². The Morgan fingerprint density at radius 2 is 1.67 bits per heavy atom. The standard InChI is InChI=1S/C24H28N2O6S/c1-14(2)26-33(29,30)20-8-6-19(7-9-20)25-24(28)17(5)32-23(27)12-18-13-31-22-11-16(4)15(3)10-21(18)22/h6-11,13-14,17,26H,12H2,1-5H3,(H,25,28). The molecular weight excluding hydrogens is 444 g/mol. The van der Waals surface area contributed by atoms with Gasteiger partial charge in [-0.2, -0.15) is 0 Å². The summed E-state index contributed by atoms with van der Waals surface area (Å²) in [4.78, 5) is 24.9. The molecule has 1 amide bonds. The van der Waals surface area contributed by atoms with E-state index >= 15 is 0 Å². The SMILES string of the molecule is Cc1cc2occ(CC(=O)OC(C)C(=O)Nc3ccc(S(=O)(=O)NC(C)C)cc3)c2cc1C. The van der Waals surface area contributed by atoms with Crippen LogP contribution in [0.3, 0.4) is 0 Å². The maximum Gasteiger partial charge on any atom is 0.311 e. The lowest BCUT2D eigenvalue weighted by Gasteiger charge is -2.14. The minimum atomic E-state index is -3.62. The third-order valence-corrected chi connectivity index (χ3v) is 6.78. The molecule has 1 unspecified atom stereocenters. The van der Waals surface area contributed by atoms with Gasteiger partial charge in [-0.25, -0.2) is 13.1 Å². The molecule has 176 valence electrons. The lowest BCUT2D eigenvalue weighted by atomic mass is 10.0. The lowest BCUT2D eigenvalue weighted by Crippen LogP contribution is -2.31. The van der Waals surface area contributed by atoms with E-state index in [2.05, 4.69) is 10.0 Å². The maximum absolute atomic E-state index is 12.4. The van der Waals surface area contributed by atoms with Crippen LogP contribution in [0.25, 0.3) is 11.0 Å². The number of carbonyl (C=O) groups is 2. The van der Waals surface area contributed by atoms with Crippen molar-refractivity contribution < 1.29 is 27.2 Å². The summed E-state index contributed by atoms with van der Waals surface area (Å²) in [6, 6.07) is 9.39. The van der Waals surface area contributed by atoms with E-state index in [1.54, 1.807) is 13.8 Å². The van der Waals surface area contributed by atoms with Gasteiger partial charge >= 0.3 is 5.97 Å². The highest BCUT2D eigenvalue weighted by atomic mass is 32.2. The van der Waals surface area contributed by atoms with Gasteiger partial charge in [-0.1, -0.05) is 0 Å². The Morgan fingerprint density at radius 1 is 1.03 bits per heavy atom. The summed E-state index contributed by atoms with van der Waals surface area (Å²) in [5.74, 6) is -1.08. The molecule has 2 N–H and O–H groups in total. The molecular formula is C24H28N2O6S. The number of sulfonamides is 1. The highest BCUT2D eigenvalue weighted by molar-refractivity contribution is 7.89. The third kappa shape index (κ3) is 6.00. The Balaban J connectivity index is 1.59. The van der Waals surface area contributed by atoms with E-state index in [-0.39, 0.29) is 17.4 Å². The summed E-state index contributed by atoms with van der Waals surface area (Å²) in [5.41, 5.74) is 3.96. The summed E-state index contributed by atoms with van der Waals surface area (Å²) in [5, 5.41) is 3.46. The number of anilines is 1. The van der Waals surface area contributed by atoms with Gasteiger partial charge in [0, 0.05) is 22.7 Å². The van der Waals surface area contributed by atoms with Crippen LogP contribution in [0.15, 0.2) is 52.0 Å². The van der Waals surface area contributed by atoms with E-state index in [0.717, 1.165) is 16.5 Å². The molecule has 8 nitrogen and oxygen atoms in total. The van der Waals surface area contributed by atoms with E-state index in [4.69, 9.17) is 9.15 Å². The Bertz CT molecular complexity index is 1280.